The van der Waals surface area contributed by atoms with Crippen molar-refractivity contribution in [1.82, 2.24) is 0 Å². The Hall–Kier alpha value is -1.62. The summed E-state index contributed by atoms with van der Waals surface area (Å²) in [4.78, 5) is 7.85. The van der Waals surface area contributed by atoms with Crippen LogP contribution in [0, 0.1) is 6.57 Å². The molecule has 0 N–H and O–H groups in total. The van der Waals surface area contributed by atoms with E-state index in [0.717, 1.165) is 24.2 Å². The molecule has 0 radical (unpaired) electrons. The monoisotopic (exact) mass is 186 g/mol. The molecular formula is C12H14N2. The quantitative estimate of drug-likeness (QED) is 0.498. The number of aliphatic imine (C=N–C) groups is 1. The van der Waals surface area contributed by atoms with Crippen molar-refractivity contribution in [2.75, 3.05) is 0 Å². The van der Waals surface area contributed by atoms with E-state index in [1.165, 1.54) is 0 Å². The van der Waals surface area contributed by atoms with Crippen molar-refractivity contribution < 1.29 is 0 Å². The fourth-order valence-electron chi connectivity index (χ4n) is 1.28. The summed E-state index contributed by atoms with van der Waals surface area (Å²) < 4.78 is 0. The van der Waals surface area contributed by atoms with Gasteiger partial charge in [-0.1, -0.05) is 31.5 Å². The number of hydrogen-bond acceptors (Lipinski definition) is 1. The third kappa shape index (κ3) is 2.70. The fraction of sp³-hybridized carbons (Fsp3) is 0.333. The Morgan fingerprint density at radius 2 is 2.14 bits per heavy atom. The molecule has 72 valence electrons. The standard InChI is InChI=1S/C12H14N2/c1-4-7-10(2)14-12-9-6-5-8-11(12)13-3/h5-6,8-9H,4,7H2,1-2H3. The zero-order valence-corrected chi connectivity index (χ0v) is 8.62. The minimum atomic E-state index is 0.628. The maximum atomic E-state index is 6.99. The Morgan fingerprint density at radius 3 is 2.79 bits per heavy atom. The number of hydrogen-bond donors (Lipinski definition) is 0. The van der Waals surface area contributed by atoms with E-state index in [2.05, 4.69) is 16.8 Å². The van der Waals surface area contributed by atoms with E-state index in [1.807, 2.05) is 25.1 Å². The second kappa shape index (κ2) is 5.18. The zero-order chi connectivity index (χ0) is 10.4. The Balaban J connectivity index is 2.97. The minimum Gasteiger partial charge on any atom is -0.270 e. The molecule has 2 nitrogen and oxygen atoms in total. The summed E-state index contributed by atoms with van der Waals surface area (Å²) >= 11 is 0. The van der Waals surface area contributed by atoms with Crippen LogP contribution in [0.15, 0.2) is 29.3 Å². The van der Waals surface area contributed by atoms with Crippen LogP contribution in [0.5, 0.6) is 0 Å². The number of benzene rings is 1. The first-order valence-electron chi connectivity index (χ1n) is 4.78. The normalized spacial score (nSPS) is 11.1. The molecule has 0 saturated carbocycles. The predicted octanol–water partition coefficient (Wildman–Crippen LogP) is 4.13. The van der Waals surface area contributed by atoms with Gasteiger partial charge < -0.3 is 0 Å². The maximum absolute atomic E-state index is 6.99. The molecule has 0 aliphatic heterocycles. The van der Waals surface area contributed by atoms with Crippen LogP contribution in [0.3, 0.4) is 0 Å². The molecule has 0 spiro atoms. The van der Waals surface area contributed by atoms with Crippen LogP contribution in [0.2, 0.25) is 0 Å². The summed E-state index contributed by atoms with van der Waals surface area (Å²) in [6, 6.07) is 7.45. The van der Waals surface area contributed by atoms with Gasteiger partial charge in [-0.15, -0.1) is 0 Å². The first-order chi connectivity index (χ1) is 6.77. The van der Waals surface area contributed by atoms with Gasteiger partial charge in [-0.2, -0.15) is 0 Å². The number of para-hydroxylation sites is 2. The van der Waals surface area contributed by atoms with Crippen molar-refractivity contribution in [3.8, 4) is 0 Å². The highest BCUT2D eigenvalue weighted by Gasteiger charge is 1.98. The first-order valence-corrected chi connectivity index (χ1v) is 4.78. The van der Waals surface area contributed by atoms with Crippen LogP contribution in [0.1, 0.15) is 26.7 Å². The largest absolute Gasteiger partial charge is 0.270 e. The highest BCUT2D eigenvalue weighted by molar-refractivity contribution is 5.86. The average molecular weight is 186 g/mol. The SMILES string of the molecule is [C-]#[N+]c1ccccc1N=C(C)CCC. The summed E-state index contributed by atoms with van der Waals surface area (Å²) in [5.74, 6) is 0. The van der Waals surface area contributed by atoms with Gasteiger partial charge in [-0.05, 0) is 19.4 Å². The Labute approximate surface area is 85.1 Å². The van der Waals surface area contributed by atoms with Crippen LogP contribution < -0.4 is 0 Å². The predicted molar refractivity (Wildman–Crippen MR) is 60.4 cm³/mol. The maximum Gasteiger partial charge on any atom is 0.212 e. The van der Waals surface area contributed by atoms with Gasteiger partial charge in [0.1, 0.15) is 0 Å². The highest BCUT2D eigenvalue weighted by atomic mass is 14.8. The van der Waals surface area contributed by atoms with Gasteiger partial charge >= 0.3 is 0 Å². The average Bonchev–Trinajstić information content (AvgIpc) is 2.19. The summed E-state index contributed by atoms with van der Waals surface area (Å²) in [6.45, 7) is 11.1. The molecule has 0 aliphatic rings. The third-order valence-electron chi connectivity index (χ3n) is 1.93. The second-order valence-corrected chi connectivity index (χ2v) is 3.20. The lowest BCUT2D eigenvalue weighted by Gasteiger charge is -2.00. The van der Waals surface area contributed by atoms with Crippen molar-refractivity contribution >= 4 is 17.1 Å². The van der Waals surface area contributed by atoms with E-state index < -0.39 is 0 Å². The van der Waals surface area contributed by atoms with Gasteiger partial charge in [0.25, 0.3) is 0 Å². The van der Waals surface area contributed by atoms with Crippen molar-refractivity contribution in [2.24, 2.45) is 4.99 Å². The van der Waals surface area contributed by atoms with Crippen LogP contribution >= 0.6 is 0 Å². The molecule has 14 heavy (non-hydrogen) atoms. The Kier molecular flexibility index (Phi) is 3.87. The molecular weight excluding hydrogens is 172 g/mol. The molecule has 1 rings (SSSR count). The summed E-state index contributed by atoms with van der Waals surface area (Å²) in [5.41, 5.74) is 2.50. The van der Waals surface area contributed by atoms with E-state index in [4.69, 9.17) is 6.57 Å². The first kappa shape index (κ1) is 10.5. The zero-order valence-electron chi connectivity index (χ0n) is 8.62. The van der Waals surface area contributed by atoms with Gasteiger partial charge in [0, 0.05) is 5.71 Å². The molecule has 0 bridgehead atoms. The Bertz CT molecular complexity index is 372. The van der Waals surface area contributed by atoms with Crippen molar-refractivity contribution in [2.45, 2.75) is 26.7 Å². The van der Waals surface area contributed by atoms with E-state index in [0.29, 0.717) is 5.69 Å². The van der Waals surface area contributed by atoms with Gasteiger partial charge in [0.2, 0.25) is 5.69 Å². The van der Waals surface area contributed by atoms with E-state index in [9.17, 15) is 0 Å². The van der Waals surface area contributed by atoms with Crippen LogP contribution in [0.25, 0.3) is 4.85 Å². The summed E-state index contributed by atoms with van der Waals surface area (Å²) in [5, 5.41) is 0. The van der Waals surface area contributed by atoms with Crippen LogP contribution in [-0.4, -0.2) is 5.71 Å². The van der Waals surface area contributed by atoms with Crippen molar-refractivity contribution in [1.29, 1.82) is 0 Å². The number of nitrogens with zero attached hydrogens (tertiary/aromatic N) is 2. The minimum absolute atomic E-state index is 0.628. The molecule has 0 unspecified atom stereocenters. The van der Waals surface area contributed by atoms with E-state index in [1.54, 1.807) is 6.07 Å². The van der Waals surface area contributed by atoms with E-state index >= 15 is 0 Å². The molecule has 0 fully saturated rings. The van der Waals surface area contributed by atoms with Crippen LogP contribution in [0.4, 0.5) is 11.4 Å². The molecule has 0 aromatic heterocycles. The van der Waals surface area contributed by atoms with Crippen molar-refractivity contribution in [3.63, 3.8) is 0 Å². The second-order valence-electron chi connectivity index (χ2n) is 3.20. The highest BCUT2D eigenvalue weighted by Crippen LogP contribution is 2.27. The summed E-state index contributed by atoms with van der Waals surface area (Å²) in [6.07, 6.45) is 2.09. The van der Waals surface area contributed by atoms with Gasteiger partial charge in [0.15, 0.2) is 0 Å². The smallest absolute Gasteiger partial charge is 0.212 e. The van der Waals surface area contributed by atoms with Gasteiger partial charge in [-0.25, -0.2) is 4.85 Å². The Morgan fingerprint density at radius 1 is 1.43 bits per heavy atom. The molecule has 1 aromatic carbocycles. The molecule has 0 atom stereocenters. The summed E-state index contributed by atoms with van der Waals surface area (Å²) in [7, 11) is 0. The molecule has 0 aliphatic carbocycles. The molecule has 0 amide bonds. The van der Waals surface area contributed by atoms with Crippen LogP contribution in [-0.2, 0) is 0 Å². The lowest BCUT2D eigenvalue weighted by atomic mass is 10.2. The molecule has 1 aromatic rings. The van der Waals surface area contributed by atoms with E-state index in [-0.39, 0.29) is 0 Å². The third-order valence-corrected chi connectivity index (χ3v) is 1.93. The lowest BCUT2D eigenvalue weighted by molar-refractivity contribution is 0.988. The molecule has 0 saturated heterocycles. The van der Waals surface area contributed by atoms with Gasteiger partial charge in [-0.3, -0.25) is 4.99 Å². The lowest BCUT2D eigenvalue weighted by Crippen LogP contribution is -1.87. The topological polar surface area (TPSA) is 16.7 Å². The van der Waals surface area contributed by atoms with Crippen molar-refractivity contribution in [3.05, 3.63) is 35.7 Å². The molecule has 0 heterocycles. The van der Waals surface area contributed by atoms with Gasteiger partial charge in [0.05, 0.1) is 12.3 Å². The fourth-order valence-corrected chi connectivity index (χ4v) is 1.28. The number of rotatable bonds is 3. The molecule has 2 heteroatoms.